The molecule has 5 heteroatoms. The van der Waals surface area contributed by atoms with Crippen LogP contribution in [0, 0.1) is 5.92 Å². The van der Waals surface area contributed by atoms with E-state index in [4.69, 9.17) is 4.99 Å². The van der Waals surface area contributed by atoms with Gasteiger partial charge < -0.3 is 10.2 Å². The molecular weight excluding hydrogens is 410 g/mol. The minimum absolute atomic E-state index is 0.0592. The van der Waals surface area contributed by atoms with E-state index >= 15 is 0 Å². The normalized spacial score (nSPS) is 15.8. The summed E-state index contributed by atoms with van der Waals surface area (Å²) in [6.45, 7) is 4.34. The molecule has 1 atom stereocenters. The number of rotatable bonds is 11. The number of nitrogens with zero attached hydrogens (tertiary/aromatic N) is 2. The van der Waals surface area contributed by atoms with Gasteiger partial charge >= 0.3 is 0 Å². The molecular formula is C28H37N3O2. The Balaban J connectivity index is 1.90. The molecule has 0 aromatic heterocycles. The van der Waals surface area contributed by atoms with Gasteiger partial charge in [0.1, 0.15) is 0 Å². The van der Waals surface area contributed by atoms with Crippen LogP contribution < -0.4 is 10.2 Å². The first-order chi connectivity index (χ1) is 16.1. The Morgan fingerprint density at radius 2 is 1.55 bits per heavy atom. The third kappa shape index (κ3) is 6.31. The van der Waals surface area contributed by atoms with Gasteiger partial charge in [-0.25, -0.2) is 4.99 Å². The summed E-state index contributed by atoms with van der Waals surface area (Å²) in [5.41, 5.74) is 3.33. The van der Waals surface area contributed by atoms with E-state index in [0.29, 0.717) is 0 Å². The number of nitrogens with one attached hydrogen (secondary N) is 1. The molecule has 1 N–H and O–H groups in total. The molecule has 1 aliphatic rings. The van der Waals surface area contributed by atoms with Crippen molar-refractivity contribution in [2.24, 2.45) is 10.9 Å². The number of unbranched alkanes of at least 4 members (excludes halogenated alkanes) is 4. The second-order valence-corrected chi connectivity index (χ2v) is 8.86. The van der Waals surface area contributed by atoms with Crippen molar-refractivity contribution >= 4 is 23.2 Å². The number of benzodiazepines with no additional fused rings is 1. The van der Waals surface area contributed by atoms with Gasteiger partial charge in [-0.2, -0.15) is 0 Å². The zero-order chi connectivity index (χ0) is 23.6. The number of aliphatic imine (C=N–C) groups is 1. The summed E-state index contributed by atoms with van der Waals surface area (Å²) in [6.07, 6.45) is 7.32. The number of benzene rings is 2. The van der Waals surface area contributed by atoms with Crippen LogP contribution in [0.3, 0.4) is 0 Å². The average molecular weight is 448 g/mol. The molecule has 33 heavy (non-hydrogen) atoms. The fourth-order valence-electron chi connectivity index (χ4n) is 4.38. The van der Waals surface area contributed by atoms with Crippen LogP contribution in [0.4, 0.5) is 5.69 Å². The molecule has 0 radical (unpaired) electrons. The van der Waals surface area contributed by atoms with Gasteiger partial charge in [0.25, 0.3) is 5.91 Å². The molecule has 3 rings (SSSR count). The molecule has 2 amide bonds. The van der Waals surface area contributed by atoms with Gasteiger partial charge in [0.2, 0.25) is 12.1 Å². The number of amides is 2. The fraction of sp³-hybridized carbons (Fsp3) is 0.464. The van der Waals surface area contributed by atoms with E-state index in [2.05, 4.69) is 19.2 Å². The van der Waals surface area contributed by atoms with E-state index in [0.717, 1.165) is 73.9 Å². The number of carbonyl (C=O) groups is 2. The van der Waals surface area contributed by atoms with Crippen molar-refractivity contribution in [1.82, 2.24) is 5.32 Å². The van der Waals surface area contributed by atoms with Crippen molar-refractivity contribution in [3.05, 3.63) is 65.7 Å². The quantitative estimate of drug-likeness (QED) is 0.448. The predicted octanol–water partition coefficient (Wildman–Crippen LogP) is 5.72. The molecule has 0 fully saturated rings. The second kappa shape index (κ2) is 12.3. The van der Waals surface area contributed by atoms with E-state index < -0.39 is 6.17 Å². The van der Waals surface area contributed by atoms with Crippen molar-refractivity contribution in [2.45, 2.75) is 71.4 Å². The van der Waals surface area contributed by atoms with Gasteiger partial charge in [-0.3, -0.25) is 9.59 Å². The molecule has 0 saturated heterocycles. The molecule has 0 saturated carbocycles. The number of likely N-dealkylation sites (N-methyl/N-ethyl adjacent to an activating group) is 1. The van der Waals surface area contributed by atoms with E-state index in [1.165, 1.54) is 0 Å². The Hall–Kier alpha value is -2.95. The van der Waals surface area contributed by atoms with Crippen molar-refractivity contribution in [3.63, 3.8) is 0 Å². The number of para-hydroxylation sites is 1. The zero-order valence-corrected chi connectivity index (χ0v) is 20.2. The first kappa shape index (κ1) is 24.7. The highest BCUT2D eigenvalue weighted by Crippen LogP contribution is 2.27. The van der Waals surface area contributed by atoms with E-state index in [1.54, 1.807) is 11.9 Å². The molecule has 0 unspecified atom stereocenters. The Morgan fingerprint density at radius 3 is 2.18 bits per heavy atom. The highest BCUT2D eigenvalue weighted by molar-refractivity contribution is 6.20. The van der Waals surface area contributed by atoms with Crippen molar-refractivity contribution in [1.29, 1.82) is 0 Å². The maximum atomic E-state index is 13.4. The Morgan fingerprint density at radius 1 is 0.939 bits per heavy atom. The van der Waals surface area contributed by atoms with Crippen LogP contribution in [0.1, 0.15) is 76.3 Å². The van der Waals surface area contributed by atoms with Gasteiger partial charge in [0, 0.05) is 24.1 Å². The number of anilines is 1. The topological polar surface area (TPSA) is 61.8 Å². The molecule has 1 aliphatic heterocycles. The monoisotopic (exact) mass is 447 g/mol. The summed E-state index contributed by atoms with van der Waals surface area (Å²) in [4.78, 5) is 33.1. The molecule has 2 aromatic rings. The Bertz CT molecular complexity index is 945. The number of hydrogen-bond donors (Lipinski definition) is 1. The lowest BCUT2D eigenvalue weighted by Gasteiger charge is -2.23. The maximum Gasteiger partial charge on any atom is 0.272 e. The smallest absolute Gasteiger partial charge is 0.272 e. The van der Waals surface area contributed by atoms with Crippen LogP contribution in [0.15, 0.2) is 59.6 Å². The summed E-state index contributed by atoms with van der Waals surface area (Å²) in [6, 6.07) is 17.6. The van der Waals surface area contributed by atoms with Gasteiger partial charge in [-0.1, -0.05) is 101 Å². The lowest BCUT2D eigenvalue weighted by Crippen LogP contribution is -2.47. The second-order valence-electron chi connectivity index (χ2n) is 8.86. The molecule has 0 spiro atoms. The van der Waals surface area contributed by atoms with Crippen LogP contribution in [-0.4, -0.2) is 30.7 Å². The first-order valence-corrected chi connectivity index (χ1v) is 12.4. The maximum absolute atomic E-state index is 13.4. The van der Waals surface area contributed by atoms with Gasteiger partial charge in [0.05, 0.1) is 11.4 Å². The van der Waals surface area contributed by atoms with Crippen LogP contribution in [0.2, 0.25) is 0 Å². The minimum Gasteiger partial charge on any atom is -0.326 e. The standard InChI is InChI=1S/C28H37N3O2/c1-4-6-9-17-22(18-10-7-5-2)27(32)30-26-28(33)31(3)24-20-14-13-19-23(24)25(29-26)21-15-11-8-12-16-21/h8,11-16,19-20,22,26H,4-7,9-10,17-18H2,1-3H3,(H,30,32)/t26-/m0/s1. The first-order valence-electron chi connectivity index (χ1n) is 12.4. The van der Waals surface area contributed by atoms with E-state index in [1.807, 2.05) is 54.6 Å². The summed E-state index contributed by atoms with van der Waals surface area (Å²) in [5.74, 6) is -0.360. The number of fused-ring (bicyclic) bond motifs is 1. The molecule has 0 bridgehead atoms. The molecule has 1 heterocycles. The highest BCUT2D eigenvalue weighted by Gasteiger charge is 2.32. The predicted molar refractivity (Wildman–Crippen MR) is 136 cm³/mol. The van der Waals surface area contributed by atoms with Crippen molar-refractivity contribution < 1.29 is 9.59 Å². The third-order valence-electron chi connectivity index (χ3n) is 6.35. The summed E-state index contributed by atoms with van der Waals surface area (Å²) in [5, 5.41) is 3.01. The van der Waals surface area contributed by atoms with Crippen molar-refractivity contribution in [2.75, 3.05) is 11.9 Å². The van der Waals surface area contributed by atoms with Crippen molar-refractivity contribution in [3.8, 4) is 0 Å². The van der Waals surface area contributed by atoms with Gasteiger partial charge in [-0.15, -0.1) is 0 Å². The highest BCUT2D eigenvalue weighted by atomic mass is 16.2. The summed E-state index contributed by atoms with van der Waals surface area (Å²) < 4.78 is 0. The van der Waals surface area contributed by atoms with Crippen LogP contribution >= 0.6 is 0 Å². The minimum atomic E-state index is -0.940. The van der Waals surface area contributed by atoms with Crippen LogP contribution in [-0.2, 0) is 9.59 Å². The SMILES string of the molecule is CCCCCC(CCCCC)C(=O)N[C@@H]1N=C(c2ccccc2)c2ccccc2N(C)C1=O. The molecule has 5 nitrogen and oxygen atoms in total. The van der Waals surface area contributed by atoms with Crippen LogP contribution in [0.25, 0.3) is 0 Å². The number of carbonyl (C=O) groups excluding carboxylic acids is 2. The Kier molecular flexibility index (Phi) is 9.23. The summed E-state index contributed by atoms with van der Waals surface area (Å²) >= 11 is 0. The van der Waals surface area contributed by atoms with Gasteiger partial charge in [0.15, 0.2) is 0 Å². The summed E-state index contributed by atoms with van der Waals surface area (Å²) in [7, 11) is 1.75. The molecule has 176 valence electrons. The lowest BCUT2D eigenvalue weighted by molar-refractivity contribution is -0.130. The van der Waals surface area contributed by atoms with Crippen LogP contribution in [0.5, 0.6) is 0 Å². The fourth-order valence-corrected chi connectivity index (χ4v) is 4.38. The third-order valence-corrected chi connectivity index (χ3v) is 6.35. The molecule has 0 aliphatic carbocycles. The van der Waals surface area contributed by atoms with E-state index in [9.17, 15) is 9.59 Å². The Labute approximate surface area is 198 Å². The zero-order valence-electron chi connectivity index (χ0n) is 20.2. The van der Waals surface area contributed by atoms with E-state index in [-0.39, 0.29) is 17.7 Å². The largest absolute Gasteiger partial charge is 0.326 e. The lowest BCUT2D eigenvalue weighted by atomic mass is 9.94. The number of hydrogen-bond acceptors (Lipinski definition) is 3. The van der Waals surface area contributed by atoms with Gasteiger partial charge in [-0.05, 0) is 18.9 Å². The molecule has 2 aromatic carbocycles. The average Bonchev–Trinajstić information content (AvgIpc) is 2.94.